The van der Waals surface area contributed by atoms with Crippen LogP contribution in [-0.4, -0.2) is 32.4 Å². The van der Waals surface area contributed by atoms with Crippen LogP contribution in [-0.2, 0) is 10.0 Å². The van der Waals surface area contributed by atoms with Gasteiger partial charge in [-0.05, 0) is 44.7 Å². The van der Waals surface area contributed by atoms with Crippen molar-refractivity contribution in [1.29, 1.82) is 0 Å². The molecule has 0 heterocycles. The van der Waals surface area contributed by atoms with E-state index in [1.165, 1.54) is 4.31 Å². The second kappa shape index (κ2) is 5.51. The number of nitrogens with one attached hydrogen (secondary N) is 1. The van der Waals surface area contributed by atoms with Crippen LogP contribution in [0.25, 0.3) is 0 Å². The SMILES string of the molecule is CCNc1ccccc1S(=O)(=O)N(C)C(C)C1CC1. The van der Waals surface area contributed by atoms with Gasteiger partial charge in [-0.2, -0.15) is 4.31 Å². The van der Waals surface area contributed by atoms with Gasteiger partial charge in [0.1, 0.15) is 4.90 Å². The molecule has 0 amide bonds. The van der Waals surface area contributed by atoms with Gasteiger partial charge in [-0.3, -0.25) is 0 Å². The Bertz CT molecular complexity index is 538. The number of para-hydroxylation sites is 1. The first-order chi connectivity index (χ1) is 8.98. The van der Waals surface area contributed by atoms with Gasteiger partial charge in [0.15, 0.2) is 0 Å². The molecule has 0 aromatic heterocycles. The van der Waals surface area contributed by atoms with E-state index < -0.39 is 10.0 Å². The Labute approximate surface area is 115 Å². The van der Waals surface area contributed by atoms with E-state index in [-0.39, 0.29) is 6.04 Å². The summed E-state index contributed by atoms with van der Waals surface area (Å²) in [5, 5.41) is 3.12. The molecular formula is C14H22N2O2S. The van der Waals surface area contributed by atoms with Gasteiger partial charge in [0.05, 0.1) is 5.69 Å². The van der Waals surface area contributed by atoms with Gasteiger partial charge < -0.3 is 5.32 Å². The summed E-state index contributed by atoms with van der Waals surface area (Å²) in [5.74, 6) is 0.520. The van der Waals surface area contributed by atoms with Crippen LogP contribution in [0.2, 0.25) is 0 Å². The van der Waals surface area contributed by atoms with Gasteiger partial charge in [-0.1, -0.05) is 12.1 Å². The monoisotopic (exact) mass is 282 g/mol. The molecule has 0 radical (unpaired) electrons. The van der Waals surface area contributed by atoms with Gasteiger partial charge in [-0.25, -0.2) is 8.42 Å². The van der Waals surface area contributed by atoms with E-state index in [1.807, 2.05) is 26.0 Å². The molecule has 1 aromatic rings. The molecule has 19 heavy (non-hydrogen) atoms. The number of anilines is 1. The molecular weight excluding hydrogens is 260 g/mol. The lowest BCUT2D eigenvalue weighted by atomic mass is 10.2. The first kappa shape index (κ1) is 14.3. The fourth-order valence-corrected chi connectivity index (χ4v) is 3.87. The summed E-state index contributed by atoms with van der Waals surface area (Å²) in [4.78, 5) is 0.367. The zero-order chi connectivity index (χ0) is 14.0. The molecule has 106 valence electrons. The van der Waals surface area contributed by atoms with E-state index in [0.717, 1.165) is 12.8 Å². The standard InChI is InChI=1S/C14H22N2O2S/c1-4-15-13-7-5-6-8-14(13)19(17,18)16(3)11(2)12-9-10-12/h5-8,11-12,15H,4,9-10H2,1-3H3. The van der Waals surface area contributed by atoms with E-state index in [2.05, 4.69) is 5.32 Å². The maximum atomic E-state index is 12.7. The zero-order valence-electron chi connectivity index (χ0n) is 11.8. The predicted molar refractivity (Wildman–Crippen MR) is 77.7 cm³/mol. The normalized spacial score (nSPS) is 17.5. The highest BCUT2D eigenvalue weighted by Gasteiger charge is 2.36. The van der Waals surface area contributed by atoms with E-state index >= 15 is 0 Å². The number of nitrogens with zero attached hydrogens (tertiary/aromatic N) is 1. The van der Waals surface area contributed by atoms with Crippen molar-refractivity contribution in [3.63, 3.8) is 0 Å². The Balaban J connectivity index is 2.32. The van der Waals surface area contributed by atoms with Gasteiger partial charge in [-0.15, -0.1) is 0 Å². The topological polar surface area (TPSA) is 49.4 Å². The molecule has 1 aliphatic rings. The summed E-state index contributed by atoms with van der Waals surface area (Å²) in [7, 11) is -1.74. The van der Waals surface area contributed by atoms with Gasteiger partial charge in [0, 0.05) is 19.6 Å². The average Bonchev–Trinajstić information content (AvgIpc) is 3.22. The summed E-state index contributed by atoms with van der Waals surface area (Å²) in [6.07, 6.45) is 2.27. The fourth-order valence-electron chi connectivity index (χ4n) is 2.28. The van der Waals surface area contributed by atoms with Crippen molar-refractivity contribution < 1.29 is 8.42 Å². The van der Waals surface area contributed by atoms with Crippen molar-refractivity contribution in [2.45, 2.75) is 37.6 Å². The van der Waals surface area contributed by atoms with Crippen molar-refractivity contribution in [3.8, 4) is 0 Å². The molecule has 1 unspecified atom stereocenters. The Morgan fingerprint density at radius 3 is 2.58 bits per heavy atom. The maximum absolute atomic E-state index is 12.7. The number of rotatable bonds is 6. The smallest absolute Gasteiger partial charge is 0.245 e. The minimum Gasteiger partial charge on any atom is -0.384 e. The van der Waals surface area contributed by atoms with Gasteiger partial charge in [0.25, 0.3) is 0 Å². The molecule has 1 saturated carbocycles. The van der Waals surface area contributed by atoms with Crippen LogP contribution in [0.4, 0.5) is 5.69 Å². The number of hydrogen-bond donors (Lipinski definition) is 1. The summed E-state index contributed by atoms with van der Waals surface area (Å²) in [5.41, 5.74) is 0.680. The second-order valence-electron chi connectivity index (χ2n) is 5.13. The third-order valence-corrected chi connectivity index (χ3v) is 5.79. The van der Waals surface area contributed by atoms with Crippen molar-refractivity contribution in [1.82, 2.24) is 4.31 Å². The summed E-state index contributed by atoms with van der Waals surface area (Å²) in [6, 6.07) is 7.17. The fraction of sp³-hybridized carbons (Fsp3) is 0.571. The molecule has 2 rings (SSSR count). The quantitative estimate of drug-likeness (QED) is 0.872. The lowest BCUT2D eigenvalue weighted by Crippen LogP contribution is -2.36. The van der Waals surface area contributed by atoms with E-state index in [0.29, 0.717) is 23.0 Å². The van der Waals surface area contributed by atoms with Crippen LogP contribution >= 0.6 is 0 Å². The third-order valence-electron chi connectivity index (χ3n) is 3.79. The molecule has 0 bridgehead atoms. The lowest BCUT2D eigenvalue weighted by Gasteiger charge is -2.25. The van der Waals surface area contributed by atoms with Crippen molar-refractivity contribution in [2.24, 2.45) is 5.92 Å². The van der Waals surface area contributed by atoms with Crippen LogP contribution in [0.3, 0.4) is 0 Å². The molecule has 1 atom stereocenters. The van der Waals surface area contributed by atoms with E-state index in [4.69, 9.17) is 0 Å². The molecule has 1 aromatic carbocycles. The maximum Gasteiger partial charge on any atom is 0.245 e. The highest BCUT2D eigenvalue weighted by atomic mass is 32.2. The number of benzene rings is 1. The largest absolute Gasteiger partial charge is 0.384 e. The molecule has 0 spiro atoms. The van der Waals surface area contributed by atoms with Gasteiger partial charge in [0.2, 0.25) is 10.0 Å². The second-order valence-corrected chi connectivity index (χ2v) is 7.09. The number of hydrogen-bond acceptors (Lipinski definition) is 3. The first-order valence-corrected chi connectivity index (χ1v) is 8.23. The van der Waals surface area contributed by atoms with Crippen molar-refractivity contribution in [3.05, 3.63) is 24.3 Å². The van der Waals surface area contributed by atoms with Crippen LogP contribution in [0, 0.1) is 5.92 Å². The highest BCUT2D eigenvalue weighted by molar-refractivity contribution is 7.89. The predicted octanol–water partition coefficient (Wildman–Crippen LogP) is 2.54. The van der Waals surface area contributed by atoms with Crippen LogP contribution in [0.15, 0.2) is 29.2 Å². The average molecular weight is 282 g/mol. The molecule has 5 heteroatoms. The molecule has 1 aliphatic carbocycles. The Hall–Kier alpha value is -1.07. The van der Waals surface area contributed by atoms with Crippen LogP contribution in [0.5, 0.6) is 0 Å². The summed E-state index contributed by atoms with van der Waals surface area (Å²) in [6.45, 7) is 4.65. The molecule has 4 nitrogen and oxygen atoms in total. The van der Waals surface area contributed by atoms with E-state index in [1.54, 1.807) is 19.2 Å². The third kappa shape index (κ3) is 2.92. The number of sulfonamides is 1. The zero-order valence-corrected chi connectivity index (χ0v) is 12.6. The van der Waals surface area contributed by atoms with Crippen molar-refractivity contribution in [2.75, 3.05) is 18.9 Å². The molecule has 0 aliphatic heterocycles. The summed E-state index contributed by atoms with van der Waals surface area (Å²) >= 11 is 0. The van der Waals surface area contributed by atoms with Gasteiger partial charge >= 0.3 is 0 Å². The molecule has 1 N–H and O–H groups in total. The Morgan fingerprint density at radius 1 is 1.37 bits per heavy atom. The van der Waals surface area contributed by atoms with Crippen LogP contribution < -0.4 is 5.32 Å². The lowest BCUT2D eigenvalue weighted by molar-refractivity contribution is 0.357. The molecule has 0 saturated heterocycles. The highest BCUT2D eigenvalue weighted by Crippen LogP contribution is 2.37. The Kier molecular flexibility index (Phi) is 4.16. The minimum absolute atomic E-state index is 0.0692. The van der Waals surface area contributed by atoms with Crippen LogP contribution in [0.1, 0.15) is 26.7 Å². The van der Waals surface area contributed by atoms with Crippen molar-refractivity contribution >= 4 is 15.7 Å². The first-order valence-electron chi connectivity index (χ1n) is 6.79. The minimum atomic E-state index is -3.43. The van der Waals surface area contributed by atoms with E-state index in [9.17, 15) is 8.42 Å². The Morgan fingerprint density at radius 2 is 2.00 bits per heavy atom. The summed E-state index contributed by atoms with van der Waals surface area (Å²) < 4.78 is 26.9. The molecule has 1 fully saturated rings.